The van der Waals surface area contributed by atoms with Gasteiger partial charge >= 0.3 is 0 Å². The molecule has 4 atom stereocenters. The van der Waals surface area contributed by atoms with Crippen LogP contribution in [0.15, 0.2) is 40.9 Å². The molecule has 0 unspecified atom stereocenters. The Kier molecular flexibility index (Phi) is 4.26. The van der Waals surface area contributed by atoms with Gasteiger partial charge in [0.2, 0.25) is 0 Å². The lowest BCUT2D eigenvalue weighted by Crippen LogP contribution is -2.43. The maximum absolute atomic E-state index is 12.9. The molecule has 1 N–H and O–H groups in total. The minimum atomic E-state index is -0.0148. The molecule has 2 aliphatic heterocycles. The van der Waals surface area contributed by atoms with Crippen LogP contribution in [0.1, 0.15) is 71.8 Å². The second-order valence-corrected chi connectivity index (χ2v) is 10.4. The van der Waals surface area contributed by atoms with E-state index in [-0.39, 0.29) is 5.91 Å². The molecule has 2 aliphatic carbocycles. The van der Waals surface area contributed by atoms with Crippen molar-refractivity contribution in [3.63, 3.8) is 0 Å². The maximum Gasteiger partial charge on any atom is 0.255 e. The summed E-state index contributed by atoms with van der Waals surface area (Å²) in [4.78, 5) is 15.6. The Hall–Kier alpha value is -1.81. The molecule has 4 heteroatoms. The number of hydrogen-bond donors (Lipinski definition) is 1. The van der Waals surface area contributed by atoms with E-state index in [2.05, 4.69) is 38.3 Å². The molecule has 0 aromatic heterocycles. The molecule has 3 nitrogen and oxygen atoms in total. The Morgan fingerprint density at radius 3 is 2.07 bits per heavy atom. The summed E-state index contributed by atoms with van der Waals surface area (Å²) in [6, 6.07) is 12.2. The quantitative estimate of drug-likeness (QED) is 0.581. The first-order valence-electron chi connectivity index (χ1n) is 11.2. The average Bonchev–Trinajstić information content (AvgIpc) is 3.38. The molecule has 2 fully saturated rings. The number of rotatable bonds is 2. The van der Waals surface area contributed by atoms with Gasteiger partial charge in [0.25, 0.3) is 5.91 Å². The van der Waals surface area contributed by atoms with E-state index in [0.717, 1.165) is 22.0 Å². The van der Waals surface area contributed by atoms with Crippen LogP contribution in [0.5, 0.6) is 0 Å². The summed E-state index contributed by atoms with van der Waals surface area (Å²) in [6.45, 7) is 2.50. The van der Waals surface area contributed by atoms with Crippen molar-refractivity contribution in [2.24, 2.45) is 11.8 Å². The minimum Gasteiger partial charge on any atom is -0.370 e. The number of nitrogens with zero attached hydrogens (tertiary/aromatic N) is 1. The average molecular weight is 451 g/mol. The van der Waals surface area contributed by atoms with E-state index in [1.165, 1.54) is 68.4 Å². The molecule has 0 spiro atoms. The summed E-state index contributed by atoms with van der Waals surface area (Å²) < 4.78 is 0.993. The topological polar surface area (TPSA) is 32.3 Å². The molecule has 6 rings (SSSR count). The number of carbonyl (C=O) groups excluding carboxylic acids is 1. The standard InChI is InChI=1S/C25H27BrN2O/c26-18-9-7-15(8-10-18)25(29)27-19-11-22-20-5-1-3-16(20)13-28-14-17-4-2-6-21(17)23(12-19)24(22)28/h7-12,16-17,20-21H,1-6,13-14H2,(H,27,29)/t16-,17-,20+,21+/m1/s1. The number of fused-ring (bicyclic) bond motifs is 4. The molecule has 150 valence electrons. The van der Waals surface area contributed by atoms with Gasteiger partial charge in [-0.2, -0.15) is 0 Å². The lowest BCUT2D eigenvalue weighted by Gasteiger charge is -2.46. The molecule has 2 saturated carbocycles. The minimum absolute atomic E-state index is 0.0148. The predicted molar refractivity (Wildman–Crippen MR) is 121 cm³/mol. The van der Waals surface area contributed by atoms with Crippen molar-refractivity contribution in [3.05, 3.63) is 57.6 Å². The van der Waals surface area contributed by atoms with Gasteiger partial charge in [0.05, 0.1) is 0 Å². The Morgan fingerprint density at radius 2 is 1.48 bits per heavy atom. The van der Waals surface area contributed by atoms with Gasteiger partial charge in [0, 0.05) is 34.5 Å². The smallest absolute Gasteiger partial charge is 0.255 e. The highest BCUT2D eigenvalue weighted by molar-refractivity contribution is 9.10. The molecule has 0 bridgehead atoms. The summed E-state index contributed by atoms with van der Waals surface area (Å²) in [5.74, 6) is 2.94. The van der Waals surface area contributed by atoms with Crippen LogP contribution in [0.4, 0.5) is 11.4 Å². The number of carbonyl (C=O) groups is 1. The normalized spacial score (nSPS) is 29.2. The van der Waals surface area contributed by atoms with Crippen molar-refractivity contribution in [2.45, 2.75) is 50.4 Å². The first-order chi connectivity index (χ1) is 14.2. The molecule has 1 amide bonds. The highest BCUT2D eigenvalue weighted by atomic mass is 79.9. The zero-order valence-corrected chi connectivity index (χ0v) is 18.2. The molecule has 4 aliphatic rings. The van der Waals surface area contributed by atoms with Gasteiger partial charge in [-0.1, -0.05) is 28.8 Å². The molecular weight excluding hydrogens is 424 g/mol. The van der Waals surface area contributed by atoms with Crippen molar-refractivity contribution < 1.29 is 4.79 Å². The Morgan fingerprint density at radius 1 is 0.897 bits per heavy atom. The monoisotopic (exact) mass is 450 g/mol. The summed E-state index contributed by atoms with van der Waals surface area (Å²) >= 11 is 3.45. The number of hydrogen-bond acceptors (Lipinski definition) is 2. The number of nitrogens with one attached hydrogen (secondary N) is 1. The highest BCUT2D eigenvalue weighted by Crippen LogP contribution is 2.56. The molecular formula is C25H27BrN2O. The number of anilines is 2. The summed E-state index contributed by atoms with van der Waals surface area (Å²) in [7, 11) is 0. The molecule has 2 aromatic carbocycles. The fourth-order valence-corrected chi connectivity index (χ4v) is 6.90. The second kappa shape index (κ2) is 6.87. The van der Waals surface area contributed by atoms with Gasteiger partial charge in [-0.3, -0.25) is 4.79 Å². The predicted octanol–water partition coefficient (Wildman–Crippen LogP) is 6.30. The zero-order chi connectivity index (χ0) is 19.5. The van der Waals surface area contributed by atoms with Crippen LogP contribution in [0.3, 0.4) is 0 Å². The third kappa shape index (κ3) is 2.94. The fraction of sp³-hybridized carbons (Fsp3) is 0.480. The van der Waals surface area contributed by atoms with Crippen LogP contribution in [0.2, 0.25) is 0 Å². The van der Waals surface area contributed by atoms with E-state index < -0.39 is 0 Å². The molecule has 0 radical (unpaired) electrons. The van der Waals surface area contributed by atoms with Crippen molar-refractivity contribution in [2.75, 3.05) is 23.3 Å². The third-order valence-electron chi connectivity index (χ3n) is 7.88. The lowest BCUT2D eigenvalue weighted by atomic mass is 9.75. The van der Waals surface area contributed by atoms with Gasteiger partial charge in [-0.15, -0.1) is 0 Å². The SMILES string of the molecule is O=C(Nc1cc2c3c(c1)[C@H]1CCC[C@@H]1CN3C[C@H]1CCC[C@H]21)c1ccc(Br)cc1. The van der Waals surface area contributed by atoms with Crippen LogP contribution in [-0.2, 0) is 0 Å². The van der Waals surface area contributed by atoms with Crippen molar-refractivity contribution in [3.8, 4) is 0 Å². The molecule has 2 aromatic rings. The van der Waals surface area contributed by atoms with Crippen LogP contribution in [0, 0.1) is 11.8 Å². The van der Waals surface area contributed by atoms with Crippen LogP contribution >= 0.6 is 15.9 Å². The first kappa shape index (κ1) is 18.0. The number of halogens is 1. The largest absolute Gasteiger partial charge is 0.370 e. The van der Waals surface area contributed by atoms with Gasteiger partial charge in [0.1, 0.15) is 0 Å². The maximum atomic E-state index is 12.9. The van der Waals surface area contributed by atoms with Gasteiger partial charge in [-0.05, 0) is 96.9 Å². The van der Waals surface area contributed by atoms with E-state index in [4.69, 9.17) is 0 Å². The van der Waals surface area contributed by atoms with Crippen LogP contribution in [-0.4, -0.2) is 19.0 Å². The van der Waals surface area contributed by atoms with Gasteiger partial charge < -0.3 is 10.2 Å². The summed E-state index contributed by atoms with van der Waals surface area (Å²) in [5.41, 5.74) is 6.28. The summed E-state index contributed by atoms with van der Waals surface area (Å²) in [5, 5.41) is 3.23. The van der Waals surface area contributed by atoms with E-state index >= 15 is 0 Å². The summed E-state index contributed by atoms with van der Waals surface area (Å²) in [6.07, 6.45) is 8.03. The van der Waals surface area contributed by atoms with Crippen molar-refractivity contribution >= 4 is 33.2 Å². The third-order valence-corrected chi connectivity index (χ3v) is 8.40. The van der Waals surface area contributed by atoms with E-state index in [0.29, 0.717) is 17.4 Å². The Labute approximate surface area is 181 Å². The first-order valence-corrected chi connectivity index (χ1v) is 12.0. The number of benzene rings is 2. The molecule has 29 heavy (non-hydrogen) atoms. The highest BCUT2D eigenvalue weighted by Gasteiger charge is 2.44. The fourth-order valence-electron chi connectivity index (χ4n) is 6.64. The Bertz CT molecular complexity index is 924. The Balaban J connectivity index is 1.41. The van der Waals surface area contributed by atoms with Gasteiger partial charge in [-0.25, -0.2) is 0 Å². The van der Waals surface area contributed by atoms with Crippen molar-refractivity contribution in [1.82, 2.24) is 0 Å². The number of amides is 1. The van der Waals surface area contributed by atoms with E-state index in [1.807, 2.05) is 24.3 Å². The van der Waals surface area contributed by atoms with E-state index in [9.17, 15) is 4.79 Å². The van der Waals surface area contributed by atoms with Crippen LogP contribution in [0.25, 0.3) is 0 Å². The molecule has 0 saturated heterocycles. The van der Waals surface area contributed by atoms with E-state index in [1.54, 1.807) is 0 Å². The lowest BCUT2D eigenvalue weighted by molar-refractivity contribution is 0.102. The second-order valence-electron chi connectivity index (χ2n) is 9.46. The van der Waals surface area contributed by atoms with Crippen LogP contribution < -0.4 is 10.2 Å². The molecule has 2 heterocycles. The zero-order valence-electron chi connectivity index (χ0n) is 16.7. The van der Waals surface area contributed by atoms with Gasteiger partial charge in [0.15, 0.2) is 0 Å². The van der Waals surface area contributed by atoms with Crippen molar-refractivity contribution in [1.29, 1.82) is 0 Å².